The Hall–Kier alpha value is -3.02. The van der Waals surface area contributed by atoms with Crippen LogP contribution in [0, 0.1) is 0 Å². The topological polar surface area (TPSA) is 76.7 Å². The second-order valence-corrected chi connectivity index (χ2v) is 7.85. The van der Waals surface area contributed by atoms with Gasteiger partial charge in [-0.25, -0.2) is 9.59 Å². The summed E-state index contributed by atoms with van der Waals surface area (Å²) in [5.41, 5.74) is 2.49. The Kier molecular flexibility index (Phi) is 8.07. The summed E-state index contributed by atoms with van der Waals surface area (Å²) >= 11 is 0. The molecule has 0 saturated carbocycles. The predicted octanol–water partition coefficient (Wildman–Crippen LogP) is 4.74. The highest BCUT2D eigenvalue weighted by Crippen LogP contribution is 2.15. The molecule has 2 N–H and O–H groups in total. The van der Waals surface area contributed by atoms with E-state index in [9.17, 15) is 9.59 Å². The number of alkyl carbamates (subject to hydrolysis) is 2. The molecule has 0 saturated heterocycles. The van der Waals surface area contributed by atoms with Crippen LogP contribution in [0.4, 0.5) is 9.59 Å². The number of benzene rings is 2. The van der Waals surface area contributed by atoms with E-state index in [4.69, 9.17) is 9.47 Å². The number of carbonyl (C=O) groups excluding carboxylic acids is 2. The van der Waals surface area contributed by atoms with Gasteiger partial charge in [0, 0.05) is 6.54 Å². The van der Waals surface area contributed by atoms with Gasteiger partial charge in [0.25, 0.3) is 0 Å². The van der Waals surface area contributed by atoms with Crippen LogP contribution >= 0.6 is 0 Å². The first-order chi connectivity index (χ1) is 13.7. The van der Waals surface area contributed by atoms with Crippen molar-refractivity contribution in [2.24, 2.45) is 0 Å². The summed E-state index contributed by atoms with van der Waals surface area (Å²) in [6, 6.07) is 17.3. The molecule has 6 nitrogen and oxygen atoms in total. The Morgan fingerprint density at radius 1 is 0.931 bits per heavy atom. The molecule has 2 rings (SSSR count). The van der Waals surface area contributed by atoms with Crippen molar-refractivity contribution in [2.75, 3.05) is 6.54 Å². The van der Waals surface area contributed by atoms with Crippen LogP contribution in [0.15, 0.2) is 54.6 Å². The number of hydrogen-bond donors (Lipinski definition) is 2. The van der Waals surface area contributed by atoms with Crippen LogP contribution in [0.25, 0.3) is 0 Å². The first-order valence-electron chi connectivity index (χ1n) is 9.76. The fourth-order valence-electron chi connectivity index (χ4n) is 2.62. The van der Waals surface area contributed by atoms with E-state index in [1.165, 1.54) is 0 Å². The fraction of sp³-hybridized carbons (Fsp3) is 0.391. The molecule has 2 aromatic carbocycles. The van der Waals surface area contributed by atoms with Gasteiger partial charge in [-0.2, -0.15) is 0 Å². The first kappa shape index (κ1) is 22.3. The molecule has 29 heavy (non-hydrogen) atoms. The minimum absolute atomic E-state index is 0.162. The van der Waals surface area contributed by atoms with Crippen molar-refractivity contribution in [2.45, 2.75) is 52.4 Å². The largest absolute Gasteiger partial charge is 0.445 e. The van der Waals surface area contributed by atoms with Crippen LogP contribution < -0.4 is 10.6 Å². The Labute approximate surface area is 172 Å². The van der Waals surface area contributed by atoms with E-state index in [0.29, 0.717) is 13.0 Å². The van der Waals surface area contributed by atoms with Crippen molar-refractivity contribution in [1.82, 2.24) is 10.6 Å². The quantitative estimate of drug-likeness (QED) is 0.706. The van der Waals surface area contributed by atoms with Crippen molar-refractivity contribution >= 4 is 12.2 Å². The molecule has 0 aliphatic rings. The van der Waals surface area contributed by atoms with Crippen molar-refractivity contribution in [3.8, 4) is 0 Å². The Bertz CT molecular complexity index is 783. The molecule has 156 valence electrons. The van der Waals surface area contributed by atoms with E-state index in [2.05, 4.69) is 10.6 Å². The van der Waals surface area contributed by atoms with E-state index in [0.717, 1.165) is 16.7 Å². The minimum Gasteiger partial charge on any atom is -0.445 e. The van der Waals surface area contributed by atoms with Crippen LogP contribution in [0.3, 0.4) is 0 Å². The summed E-state index contributed by atoms with van der Waals surface area (Å²) < 4.78 is 10.5. The highest BCUT2D eigenvalue weighted by molar-refractivity contribution is 5.68. The van der Waals surface area contributed by atoms with E-state index in [1.807, 2.05) is 82.3 Å². The average molecular weight is 399 g/mol. The third kappa shape index (κ3) is 8.68. The second kappa shape index (κ2) is 10.5. The van der Waals surface area contributed by atoms with Gasteiger partial charge in [0.1, 0.15) is 12.2 Å². The van der Waals surface area contributed by atoms with Crippen LogP contribution in [-0.4, -0.2) is 24.3 Å². The molecule has 0 aliphatic heterocycles. The zero-order valence-electron chi connectivity index (χ0n) is 17.5. The van der Waals surface area contributed by atoms with Gasteiger partial charge in [-0.05, 0) is 50.8 Å². The lowest BCUT2D eigenvalue weighted by Crippen LogP contribution is -2.34. The normalized spacial score (nSPS) is 12.0. The molecule has 2 aromatic rings. The highest BCUT2D eigenvalue weighted by atomic mass is 16.6. The average Bonchev–Trinajstić information content (AvgIpc) is 2.66. The number of carbonyl (C=O) groups is 2. The molecular formula is C23H30N2O4. The summed E-state index contributed by atoms with van der Waals surface area (Å²) in [5, 5.41) is 5.57. The van der Waals surface area contributed by atoms with Crippen molar-refractivity contribution in [1.29, 1.82) is 0 Å². The second-order valence-electron chi connectivity index (χ2n) is 7.85. The summed E-state index contributed by atoms with van der Waals surface area (Å²) in [7, 11) is 0. The molecule has 1 atom stereocenters. The van der Waals surface area contributed by atoms with Crippen LogP contribution in [-0.2, 0) is 22.5 Å². The minimum atomic E-state index is -0.525. The van der Waals surface area contributed by atoms with E-state index in [-0.39, 0.29) is 12.6 Å². The third-order valence-electron chi connectivity index (χ3n) is 4.11. The molecule has 6 heteroatoms. The SMILES string of the molecule is CC(NC(=O)OC(C)(C)C)c1ccc(CCNC(=O)OCc2ccccc2)cc1. The molecule has 1 unspecified atom stereocenters. The van der Waals surface area contributed by atoms with Gasteiger partial charge in [-0.1, -0.05) is 54.6 Å². The third-order valence-corrected chi connectivity index (χ3v) is 4.11. The van der Waals surface area contributed by atoms with Gasteiger partial charge in [-0.3, -0.25) is 0 Å². The Balaban J connectivity index is 1.71. The molecular weight excluding hydrogens is 368 g/mol. The van der Waals surface area contributed by atoms with Gasteiger partial charge in [0.05, 0.1) is 6.04 Å². The molecule has 0 aromatic heterocycles. The predicted molar refractivity (Wildman–Crippen MR) is 113 cm³/mol. The zero-order chi connectivity index (χ0) is 21.3. The van der Waals surface area contributed by atoms with Crippen molar-refractivity contribution in [3.63, 3.8) is 0 Å². The maximum atomic E-state index is 11.9. The van der Waals surface area contributed by atoms with Crippen LogP contribution in [0.2, 0.25) is 0 Å². The number of rotatable bonds is 7. The molecule has 0 spiro atoms. The zero-order valence-corrected chi connectivity index (χ0v) is 17.5. The number of hydrogen-bond acceptors (Lipinski definition) is 4. The van der Waals surface area contributed by atoms with Crippen molar-refractivity contribution < 1.29 is 19.1 Å². The fourth-order valence-corrected chi connectivity index (χ4v) is 2.62. The molecule has 0 heterocycles. The van der Waals surface area contributed by atoms with Gasteiger partial charge in [-0.15, -0.1) is 0 Å². The smallest absolute Gasteiger partial charge is 0.408 e. The molecule has 0 aliphatic carbocycles. The standard InChI is InChI=1S/C23H30N2O4/c1-17(25-22(27)29-23(2,3)4)20-12-10-18(11-13-20)14-15-24-21(26)28-16-19-8-6-5-7-9-19/h5-13,17H,14-16H2,1-4H3,(H,24,26)(H,25,27). The lowest BCUT2D eigenvalue weighted by Gasteiger charge is -2.22. The lowest BCUT2D eigenvalue weighted by atomic mass is 10.0. The molecule has 2 amide bonds. The lowest BCUT2D eigenvalue weighted by molar-refractivity contribution is 0.0508. The van der Waals surface area contributed by atoms with Gasteiger partial charge in [0.15, 0.2) is 0 Å². The first-order valence-corrected chi connectivity index (χ1v) is 9.76. The van der Waals surface area contributed by atoms with Crippen LogP contribution in [0.5, 0.6) is 0 Å². The van der Waals surface area contributed by atoms with E-state index >= 15 is 0 Å². The maximum absolute atomic E-state index is 11.9. The van der Waals surface area contributed by atoms with E-state index in [1.54, 1.807) is 0 Å². The van der Waals surface area contributed by atoms with E-state index < -0.39 is 17.8 Å². The van der Waals surface area contributed by atoms with Crippen molar-refractivity contribution in [3.05, 3.63) is 71.3 Å². The summed E-state index contributed by atoms with van der Waals surface area (Å²) in [6.45, 7) is 8.14. The van der Waals surface area contributed by atoms with Gasteiger partial charge < -0.3 is 20.1 Å². The number of nitrogens with one attached hydrogen (secondary N) is 2. The monoisotopic (exact) mass is 398 g/mol. The van der Waals surface area contributed by atoms with Gasteiger partial charge in [0.2, 0.25) is 0 Å². The number of ether oxygens (including phenoxy) is 2. The van der Waals surface area contributed by atoms with Crippen LogP contribution in [0.1, 0.15) is 50.4 Å². The summed E-state index contributed by atoms with van der Waals surface area (Å²) in [5.74, 6) is 0. The molecule has 0 fully saturated rings. The molecule has 0 radical (unpaired) electrons. The Morgan fingerprint density at radius 2 is 1.59 bits per heavy atom. The number of amides is 2. The molecule has 0 bridgehead atoms. The summed E-state index contributed by atoms with van der Waals surface area (Å²) in [4.78, 5) is 23.6. The Morgan fingerprint density at radius 3 is 2.21 bits per heavy atom. The highest BCUT2D eigenvalue weighted by Gasteiger charge is 2.18. The maximum Gasteiger partial charge on any atom is 0.408 e. The summed E-state index contributed by atoms with van der Waals surface area (Å²) in [6.07, 6.45) is -0.179. The van der Waals surface area contributed by atoms with Gasteiger partial charge >= 0.3 is 12.2 Å².